The molecule has 158 valence electrons. The molecule has 4 nitrogen and oxygen atoms in total. The first-order valence-electron chi connectivity index (χ1n) is 11.1. The Labute approximate surface area is 188 Å². The fourth-order valence-electron chi connectivity index (χ4n) is 4.40. The van der Waals surface area contributed by atoms with Crippen LogP contribution in [0.1, 0.15) is 24.0 Å². The summed E-state index contributed by atoms with van der Waals surface area (Å²) in [6, 6.07) is 32.8. The molecule has 0 spiro atoms. The smallest absolute Gasteiger partial charge is 0.127 e. The van der Waals surface area contributed by atoms with Crippen LogP contribution in [0, 0.1) is 11.3 Å². The van der Waals surface area contributed by atoms with Crippen molar-refractivity contribution >= 4 is 16.5 Å². The van der Waals surface area contributed by atoms with E-state index in [2.05, 4.69) is 46.4 Å². The maximum absolute atomic E-state index is 9.53. The van der Waals surface area contributed by atoms with Crippen molar-refractivity contribution in [1.29, 1.82) is 5.26 Å². The number of benzene rings is 4. The van der Waals surface area contributed by atoms with Crippen LogP contribution >= 0.6 is 0 Å². The zero-order valence-corrected chi connectivity index (χ0v) is 17.9. The second-order valence-electron chi connectivity index (χ2n) is 8.07. The number of hydrogen-bond acceptors (Lipinski definition) is 4. The molecule has 1 saturated heterocycles. The van der Waals surface area contributed by atoms with Gasteiger partial charge in [0.15, 0.2) is 0 Å². The SMILES string of the molecule is N#Cc1ccc(N2CCCCN2Cc2cccc(Oc3ccccc3)c2)c2ccccc12. The van der Waals surface area contributed by atoms with Gasteiger partial charge in [0, 0.05) is 30.4 Å². The molecule has 0 aliphatic carbocycles. The van der Waals surface area contributed by atoms with Gasteiger partial charge in [-0.3, -0.25) is 0 Å². The van der Waals surface area contributed by atoms with Crippen LogP contribution in [-0.4, -0.2) is 18.1 Å². The molecule has 0 radical (unpaired) electrons. The Morgan fingerprint density at radius 1 is 0.750 bits per heavy atom. The summed E-state index contributed by atoms with van der Waals surface area (Å²) in [7, 11) is 0. The molecule has 1 fully saturated rings. The molecule has 0 aromatic heterocycles. The molecule has 1 heterocycles. The van der Waals surface area contributed by atoms with Crippen molar-refractivity contribution < 1.29 is 4.74 Å². The average Bonchev–Trinajstić information content (AvgIpc) is 2.85. The minimum absolute atomic E-state index is 0.721. The molecule has 5 rings (SSSR count). The zero-order valence-electron chi connectivity index (χ0n) is 17.9. The van der Waals surface area contributed by atoms with Gasteiger partial charge in [-0.2, -0.15) is 5.26 Å². The Bertz CT molecular complexity index is 1260. The van der Waals surface area contributed by atoms with Crippen LogP contribution < -0.4 is 9.75 Å². The molecule has 0 N–H and O–H groups in total. The maximum Gasteiger partial charge on any atom is 0.127 e. The molecule has 4 aromatic carbocycles. The van der Waals surface area contributed by atoms with Crippen LogP contribution in [0.2, 0.25) is 0 Å². The van der Waals surface area contributed by atoms with E-state index in [-0.39, 0.29) is 0 Å². The third kappa shape index (κ3) is 4.16. The van der Waals surface area contributed by atoms with E-state index in [4.69, 9.17) is 4.74 Å². The number of hydrogen-bond donors (Lipinski definition) is 0. The summed E-state index contributed by atoms with van der Waals surface area (Å²) in [5.41, 5.74) is 3.10. The lowest BCUT2D eigenvalue weighted by Gasteiger charge is -2.41. The summed E-state index contributed by atoms with van der Waals surface area (Å²) in [4.78, 5) is 0. The van der Waals surface area contributed by atoms with Crippen LogP contribution in [0.5, 0.6) is 11.5 Å². The van der Waals surface area contributed by atoms with Gasteiger partial charge in [0.2, 0.25) is 0 Å². The fraction of sp³-hybridized carbons (Fsp3) is 0.179. The molecule has 1 aliphatic heterocycles. The number of hydrazine groups is 1. The normalized spacial score (nSPS) is 14.3. The maximum atomic E-state index is 9.53. The molecule has 32 heavy (non-hydrogen) atoms. The Hall–Kier alpha value is -3.81. The highest BCUT2D eigenvalue weighted by Gasteiger charge is 2.22. The van der Waals surface area contributed by atoms with Gasteiger partial charge in [-0.1, -0.05) is 54.6 Å². The molecule has 0 atom stereocenters. The standard InChI is InChI=1S/C28H25N3O/c29-20-23-15-16-28(27-14-5-4-13-26(23)27)31-18-7-6-17-30(31)21-22-9-8-12-25(19-22)32-24-10-2-1-3-11-24/h1-5,8-16,19H,6-7,17-18,21H2. The van der Waals surface area contributed by atoms with Crippen molar-refractivity contribution in [3.8, 4) is 17.6 Å². The summed E-state index contributed by atoms with van der Waals surface area (Å²) in [5.74, 6) is 1.69. The monoisotopic (exact) mass is 419 g/mol. The van der Waals surface area contributed by atoms with E-state index >= 15 is 0 Å². The van der Waals surface area contributed by atoms with Gasteiger partial charge in [0.05, 0.1) is 17.3 Å². The Morgan fingerprint density at radius 3 is 2.34 bits per heavy atom. The van der Waals surface area contributed by atoms with E-state index in [1.807, 2.05) is 60.7 Å². The first-order valence-corrected chi connectivity index (χ1v) is 11.1. The summed E-state index contributed by atoms with van der Waals surface area (Å²) >= 11 is 0. The van der Waals surface area contributed by atoms with Crippen molar-refractivity contribution in [2.24, 2.45) is 0 Å². The topological polar surface area (TPSA) is 39.5 Å². The van der Waals surface area contributed by atoms with Gasteiger partial charge < -0.3 is 9.75 Å². The van der Waals surface area contributed by atoms with E-state index in [9.17, 15) is 5.26 Å². The van der Waals surface area contributed by atoms with Crippen LogP contribution in [0.3, 0.4) is 0 Å². The Kier molecular flexibility index (Phi) is 5.74. The van der Waals surface area contributed by atoms with Crippen molar-refractivity contribution in [1.82, 2.24) is 5.01 Å². The highest BCUT2D eigenvalue weighted by molar-refractivity contribution is 5.97. The molecule has 4 heteroatoms. The molecular formula is C28H25N3O. The average molecular weight is 420 g/mol. The second kappa shape index (κ2) is 9.13. The van der Waals surface area contributed by atoms with E-state index < -0.39 is 0 Å². The zero-order chi connectivity index (χ0) is 21.8. The fourth-order valence-corrected chi connectivity index (χ4v) is 4.40. The van der Waals surface area contributed by atoms with Crippen molar-refractivity contribution in [3.05, 3.63) is 102 Å². The van der Waals surface area contributed by atoms with Gasteiger partial charge in [-0.15, -0.1) is 0 Å². The Morgan fingerprint density at radius 2 is 1.50 bits per heavy atom. The highest BCUT2D eigenvalue weighted by atomic mass is 16.5. The molecule has 0 bridgehead atoms. The lowest BCUT2D eigenvalue weighted by atomic mass is 10.0. The lowest BCUT2D eigenvalue weighted by molar-refractivity contribution is 0.205. The number of rotatable bonds is 5. The predicted octanol–water partition coefficient (Wildman–Crippen LogP) is 6.52. The second-order valence-corrected chi connectivity index (χ2v) is 8.07. The largest absolute Gasteiger partial charge is 0.457 e. The van der Waals surface area contributed by atoms with Gasteiger partial charge in [0.25, 0.3) is 0 Å². The lowest BCUT2D eigenvalue weighted by Crippen LogP contribution is -2.47. The number of para-hydroxylation sites is 1. The molecule has 0 unspecified atom stereocenters. The minimum atomic E-state index is 0.721. The molecule has 1 aliphatic rings. The van der Waals surface area contributed by atoms with E-state index in [0.717, 1.165) is 59.6 Å². The van der Waals surface area contributed by atoms with Crippen molar-refractivity contribution in [2.45, 2.75) is 19.4 Å². The first kappa shape index (κ1) is 20.1. The number of nitriles is 1. The van der Waals surface area contributed by atoms with Crippen LogP contribution in [-0.2, 0) is 6.54 Å². The predicted molar refractivity (Wildman–Crippen MR) is 129 cm³/mol. The summed E-state index contributed by atoms with van der Waals surface area (Å²) in [5, 5.41) is 16.5. The van der Waals surface area contributed by atoms with E-state index in [1.54, 1.807) is 0 Å². The molecule has 0 amide bonds. The number of anilines is 1. The van der Waals surface area contributed by atoms with E-state index in [1.165, 1.54) is 12.0 Å². The molecule has 4 aromatic rings. The highest BCUT2D eigenvalue weighted by Crippen LogP contribution is 2.33. The summed E-state index contributed by atoms with van der Waals surface area (Å²) in [6.45, 7) is 2.77. The quantitative estimate of drug-likeness (QED) is 0.369. The number of fused-ring (bicyclic) bond motifs is 1. The Balaban J connectivity index is 1.43. The third-order valence-corrected chi connectivity index (χ3v) is 5.92. The van der Waals surface area contributed by atoms with Crippen molar-refractivity contribution in [3.63, 3.8) is 0 Å². The van der Waals surface area contributed by atoms with Crippen LogP contribution in [0.4, 0.5) is 5.69 Å². The summed E-state index contributed by atoms with van der Waals surface area (Å²) < 4.78 is 6.04. The molecular weight excluding hydrogens is 394 g/mol. The van der Waals surface area contributed by atoms with Gasteiger partial charge in [0.1, 0.15) is 11.5 Å². The van der Waals surface area contributed by atoms with Crippen LogP contribution in [0.15, 0.2) is 91.0 Å². The van der Waals surface area contributed by atoms with Crippen molar-refractivity contribution in [2.75, 3.05) is 18.1 Å². The minimum Gasteiger partial charge on any atom is -0.457 e. The van der Waals surface area contributed by atoms with Gasteiger partial charge >= 0.3 is 0 Å². The number of ether oxygens (including phenoxy) is 1. The van der Waals surface area contributed by atoms with E-state index in [0.29, 0.717) is 0 Å². The van der Waals surface area contributed by atoms with Crippen LogP contribution in [0.25, 0.3) is 10.8 Å². The van der Waals surface area contributed by atoms with Gasteiger partial charge in [-0.25, -0.2) is 5.01 Å². The molecule has 0 saturated carbocycles. The first-order chi connectivity index (χ1) is 15.8. The third-order valence-electron chi connectivity index (χ3n) is 5.92. The summed E-state index contributed by atoms with van der Waals surface area (Å²) in [6.07, 6.45) is 2.33. The number of nitrogens with zero attached hydrogens (tertiary/aromatic N) is 3. The van der Waals surface area contributed by atoms with Gasteiger partial charge in [-0.05, 0) is 54.8 Å².